The topological polar surface area (TPSA) is 103 Å². The quantitative estimate of drug-likeness (QED) is 0.249. The highest BCUT2D eigenvalue weighted by Crippen LogP contribution is 2.31. The second-order valence-corrected chi connectivity index (χ2v) is 10.8. The van der Waals surface area contributed by atoms with Gasteiger partial charge in [0.05, 0.1) is 21.1 Å². The summed E-state index contributed by atoms with van der Waals surface area (Å²) in [6.45, 7) is 1.95. The van der Waals surface area contributed by atoms with Crippen LogP contribution in [-0.2, 0) is 0 Å². The number of ether oxygens (including phenoxy) is 1. The number of aliphatic hydroxyl groups excluding tert-OH is 1. The van der Waals surface area contributed by atoms with Crippen molar-refractivity contribution < 1.29 is 9.84 Å². The molecule has 1 fully saturated rings. The minimum Gasteiger partial charge on any atom is -0.511 e. The fourth-order valence-electron chi connectivity index (χ4n) is 5.41. The van der Waals surface area contributed by atoms with Crippen LogP contribution in [0.4, 0.5) is 0 Å². The predicted octanol–water partition coefficient (Wildman–Crippen LogP) is 6.25. The Morgan fingerprint density at radius 1 is 1.12 bits per heavy atom. The molecule has 1 saturated carbocycles. The Morgan fingerprint density at radius 3 is 2.62 bits per heavy atom. The van der Waals surface area contributed by atoms with Crippen LogP contribution in [0.25, 0.3) is 32.7 Å². The summed E-state index contributed by atoms with van der Waals surface area (Å²) in [5.74, 6) is 2.04. The van der Waals surface area contributed by atoms with Gasteiger partial charge in [-0.1, -0.05) is 32.0 Å². The van der Waals surface area contributed by atoms with Gasteiger partial charge in [0.25, 0.3) is 0 Å². The number of aromatic nitrogens is 3. The van der Waals surface area contributed by atoms with Gasteiger partial charge in [0.2, 0.25) is 0 Å². The molecule has 2 aromatic carbocycles. The number of rotatable bonds is 5. The number of aryl methyl sites for hydroxylation is 1. The second kappa shape index (κ2) is 13.1. The molecule has 5 aromatic rings. The lowest BCUT2D eigenvalue weighted by Crippen LogP contribution is -2.28. The van der Waals surface area contributed by atoms with Crippen LogP contribution in [0.15, 0.2) is 65.6 Å². The molecule has 3 heterocycles. The van der Waals surface area contributed by atoms with E-state index in [1.54, 1.807) is 10.8 Å². The first-order chi connectivity index (χ1) is 18.0. The zero-order chi connectivity index (χ0) is 25.5. The molecule has 0 saturated heterocycles. The van der Waals surface area contributed by atoms with E-state index in [1.807, 2.05) is 61.5 Å². The number of thiophene rings is 1. The highest BCUT2D eigenvalue weighted by molar-refractivity contribution is 7.59. The van der Waals surface area contributed by atoms with Crippen LogP contribution in [0.3, 0.4) is 0 Å². The molecular formula is C30H36N4O3S3. The summed E-state index contributed by atoms with van der Waals surface area (Å²) in [7, 11) is 0. The molecule has 10 heteroatoms. The third-order valence-corrected chi connectivity index (χ3v) is 8.28. The molecule has 6 rings (SSSR count). The molecule has 0 radical (unpaired) electrons. The summed E-state index contributed by atoms with van der Waals surface area (Å²) in [4.78, 5) is 23.2. The summed E-state index contributed by atoms with van der Waals surface area (Å²) in [6, 6.07) is 17.2. The molecule has 0 unspecified atom stereocenters. The van der Waals surface area contributed by atoms with Crippen molar-refractivity contribution in [2.45, 2.75) is 52.5 Å². The molecule has 1 aliphatic carbocycles. The van der Waals surface area contributed by atoms with Gasteiger partial charge >= 0.3 is 5.69 Å². The van der Waals surface area contributed by atoms with E-state index in [0.29, 0.717) is 28.1 Å². The van der Waals surface area contributed by atoms with Crippen molar-refractivity contribution in [3.05, 3.63) is 81.4 Å². The maximum atomic E-state index is 13.4. The summed E-state index contributed by atoms with van der Waals surface area (Å²) in [6.07, 6.45) is 6.31. The number of nitrogens with zero attached hydrogens (tertiary/aromatic N) is 3. The lowest BCUT2D eigenvalue weighted by molar-refractivity contribution is 0.308. The number of aliphatic hydroxyl groups is 1. The number of hydrogen-bond acceptors (Lipinski definition) is 7. The van der Waals surface area contributed by atoms with Gasteiger partial charge in [-0.25, -0.2) is 9.78 Å². The van der Waals surface area contributed by atoms with Crippen molar-refractivity contribution in [3.8, 4) is 17.2 Å². The zero-order valence-electron chi connectivity index (χ0n) is 21.6. The van der Waals surface area contributed by atoms with Gasteiger partial charge in [-0.05, 0) is 74.1 Å². The number of nitrogens with two attached hydrogens (primary N) is 1. The normalized spacial score (nSPS) is 17.4. The zero-order valence-corrected chi connectivity index (χ0v) is 24.4. The van der Waals surface area contributed by atoms with Crippen LogP contribution in [0.5, 0.6) is 11.5 Å². The van der Waals surface area contributed by atoms with Crippen LogP contribution >= 0.6 is 38.3 Å². The third kappa shape index (κ3) is 6.00. The van der Waals surface area contributed by atoms with E-state index >= 15 is 0 Å². The van der Waals surface area contributed by atoms with E-state index in [4.69, 9.17) is 10.5 Å². The van der Waals surface area contributed by atoms with Crippen LogP contribution in [0.1, 0.15) is 45.1 Å². The molecule has 3 N–H and O–H groups in total. The van der Waals surface area contributed by atoms with E-state index in [9.17, 15) is 9.90 Å². The lowest BCUT2D eigenvalue weighted by atomic mass is 9.84. The van der Waals surface area contributed by atoms with Crippen LogP contribution < -0.4 is 20.7 Å². The van der Waals surface area contributed by atoms with Crippen molar-refractivity contribution >= 4 is 65.3 Å². The molecule has 212 valence electrons. The minimum atomic E-state index is -0.396. The Labute approximate surface area is 251 Å². The summed E-state index contributed by atoms with van der Waals surface area (Å²) in [5.41, 5.74) is 8.60. The molecule has 7 nitrogen and oxygen atoms in total. The number of benzene rings is 2. The van der Waals surface area contributed by atoms with E-state index in [0.717, 1.165) is 58.4 Å². The summed E-state index contributed by atoms with van der Waals surface area (Å²) >= 11 is 1.39. The fourth-order valence-corrected chi connectivity index (χ4v) is 6.47. The summed E-state index contributed by atoms with van der Waals surface area (Å²) < 4.78 is 8.21. The first kappa shape index (κ1) is 31.5. The van der Waals surface area contributed by atoms with Gasteiger partial charge in [-0.3, -0.25) is 4.57 Å². The smallest absolute Gasteiger partial charge is 0.353 e. The van der Waals surface area contributed by atoms with Crippen molar-refractivity contribution in [1.29, 1.82) is 0 Å². The molecule has 40 heavy (non-hydrogen) atoms. The number of hydrogen-bond donors (Lipinski definition) is 2. The predicted molar refractivity (Wildman–Crippen MR) is 175 cm³/mol. The monoisotopic (exact) mass is 596 g/mol. The van der Waals surface area contributed by atoms with Gasteiger partial charge in [-0.15, -0.1) is 11.3 Å². The molecule has 0 amide bonds. The standard InChI is InChI=1S/C29H28N4O3S.CH4.2H2S/c1-17-14-21(36-20-8-3-2-4-9-20)10-11-22(17)33-23-12-13-31-28-25(23)26(32-29(33)35)27(37-28)24(34)16-18-6-5-7-19(30)15-18;;;/h2-4,8-14,18-19,34H,5-7,15-16,30H2,1H3;1H4;2*1H2/t18-,19-;;;/m0.../s1. The Balaban J connectivity index is 0.00000147. The van der Waals surface area contributed by atoms with Gasteiger partial charge in [0.1, 0.15) is 27.6 Å². The van der Waals surface area contributed by atoms with Crippen molar-refractivity contribution in [1.82, 2.24) is 14.5 Å². The maximum Gasteiger partial charge on any atom is 0.353 e. The Kier molecular flexibility index (Phi) is 10.3. The van der Waals surface area contributed by atoms with Gasteiger partial charge < -0.3 is 15.6 Å². The van der Waals surface area contributed by atoms with Gasteiger partial charge in [0.15, 0.2) is 0 Å². The lowest BCUT2D eigenvalue weighted by Gasteiger charge is -2.26. The van der Waals surface area contributed by atoms with Gasteiger partial charge in [0, 0.05) is 18.7 Å². The highest BCUT2D eigenvalue weighted by atomic mass is 32.1. The largest absolute Gasteiger partial charge is 0.511 e. The van der Waals surface area contributed by atoms with Crippen molar-refractivity contribution in [2.75, 3.05) is 0 Å². The van der Waals surface area contributed by atoms with Crippen LogP contribution in [-0.4, -0.2) is 25.7 Å². The van der Waals surface area contributed by atoms with Crippen molar-refractivity contribution in [3.63, 3.8) is 0 Å². The molecule has 0 aliphatic heterocycles. The van der Waals surface area contributed by atoms with Gasteiger partial charge in [-0.2, -0.15) is 32.0 Å². The number of para-hydroxylation sites is 1. The maximum absolute atomic E-state index is 13.4. The van der Waals surface area contributed by atoms with Crippen LogP contribution in [0.2, 0.25) is 0 Å². The SMILES string of the molecule is C.Cc1cc(Oc2ccccc2)ccc1-n1c(=O)nc2c(=C(O)C[C@H]3CCC[C@H](N)C3)sc3nccc1c32.S.S. The van der Waals surface area contributed by atoms with E-state index in [2.05, 4.69) is 9.97 Å². The van der Waals surface area contributed by atoms with E-state index in [1.165, 1.54) is 11.3 Å². The number of pyridine rings is 1. The molecule has 1 aliphatic rings. The molecule has 0 spiro atoms. The molecule has 3 aromatic heterocycles. The Hall–Kier alpha value is -3.05. The molecular weight excluding hydrogens is 561 g/mol. The minimum absolute atomic E-state index is 0. The van der Waals surface area contributed by atoms with E-state index in [-0.39, 0.29) is 46.2 Å². The van der Waals surface area contributed by atoms with Crippen molar-refractivity contribution in [2.24, 2.45) is 11.7 Å². The first-order valence-electron chi connectivity index (χ1n) is 12.6. The van der Waals surface area contributed by atoms with E-state index < -0.39 is 5.69 Å². The second-order valence-electron chi connectivity index (χ2n) is 9.83. The molecule has 2 atom stereocenters. The Bertz CT molecular complexity index is 1720. The first-order valence-corrected chi connectivity index (χ1v) is 13.4. The third-order valence-electron chi connectivity index (χ3n) is 7.14. The van der Waals surface area contributed by atoms with Crippen LogP contribution in [0, 0.1) is 12.8 Å². The highest BCUT2D eigenvalue weighted by Gasteiger charge is 2.23. The summed E-state index contributed by atoms with van der Waals surface area (Å²) in [5, 5.41) is 11.9. The average Bonchev–Trinajstić information content (AvgIpc) is 3.25. The fraction of sp³-hybridized carbons (Fsp3) is 0.300. The Morgan fingerprint density at radius 2 is 1.90 bits per heavy atom. The average molecular weight is 597 g/mol. The molecule has 0 bridgehead atoms.